The van der Waals surface area contributed by atoms with Crippen LogP contribution in [0, 0.1) is 0 Å². The highest BCUT2D eigenvalue weighted by Crippen LogP contribution is 2.31. The van der Waals surface area contributed by atoms with Crippen LogP contribution in [0.1, 0.15) is 61.4 Å². The number of benzene rings is 1. The molecule has 0 spiro atoms. The Bertz CT molecular complexity index is 464. The minimum Gasteiger partial charge on any atom is -0.339 e. The lowest BCUT2D eigenvalue weighted by atomic mass is 9.83. The molecule has 1 aliphatic rings. The van der Waals surface area contributed by atoms with Crippen LogP contribution in [0.4, 0.5) is 0 Å². The molecule has 1 aromatic rings. The molecule has 0 aromatic heterocycles. The van der Waals surface area contributed by atoms with Gasteiger partial charge in [0.2, 0.25) is 0 Å². The smallest absolute Gasteiger partial charge is 0.253 e. The maximum atomic E-state index is 12.2. The fourth-order valence-corrected chi connectivity index (χ4v) is 2.86. The molecule has 1 fully saturated rings. The molecule has 0 heterocycles. The van der Waals surface area contributed by atoms with Crippen LogP contribution in [0.2, 0.25) is 0 Å². The van der Waals surface area contributed by atoms with E-state index in [2.05, 4.69) is 12.1 Å². The van der Waals surface area contributed by atoms with Crippen molar-refractivity contribution in [3.05, 3.63) is 35.4 Å². The Hall–Kier alpha value is -1.64. The van der Waals surface area contributed by atoms with Gasteiger partial charge in [-0.05, 0) is 50.3 Å². The van der Waals surface area contributed by atoms with Crippen molar-refractivity contribution in [2.75, 3.05) is 13.1 Å². The molecule has 1 amide bonds. The van der Waals surface area contributed by atoms with Gasteiger partial charge in [-0.15, -0.1) is 0 Å². The first-order chi connectivity index (χ1) is 9.65. The maximum Gasteiger partial charge on any atom is 0.253 e. The third-order valence-corrected chi connectivity index (χ3v) is 4.22. The van der Waals surface area contributed by atoms with Crippen molar-refractivity contribution in [3.8, 4) is 0 Å². The molecular formula is C17H23NO2. The standard InChI is InChI=1S/C17H23NO2/c1-3-18(4-2)17(20)15-7-5-13(6-8-15)14-9-11-16(19)12-10-14/h5-8,14H,3-4,9-12H2,1-2H3. The average molecular weight is 273 g/mol. The molecule has 0 saturated heterocycles. The fraction of sp³-hybridized carbons (Fsp3) is 0.529. The van der Waals surface area contributed by atoms with E-state index in [0.29, 0.717) is 24.5 Å². The molecule has 0 N–H and O–H groups in total. The monoisotopic (exact) mass is 273 g/mol. The lowest BCUT2D eigenvalue weighted by Gasteiger charge is -2.22. The second kappa shape index (κ2) is 6.69. The summed E-state index contributed by atoms with van der Waals surface area (Å²) in [4.78, 5) is 25.3. The number of amides is 1. The number of carbonyl (C=O) groups is 2. The molecule has 0 bridgehead atoms. The van der Waals surface area contributed by atoms with Crippen molar-refractivity contribution in [3.63, 3.8) is 0 Å². The largest absolute Gasteiger partial charge is 0.339 e. The Kier molecular flexibility index (Phi) is 4.94. The van der Waals surface area contributed by atoms with Crippen molar-refractivity contribution in [2.24, 2.45) is 0 Å². The van der Waals surface area contributed by atoms with E-state index in [1.807, 2.05) is 30.9 Å². The number of nitrogens with zero attached hydrogens (tertiary/aromatic N) is 1. The Morgan fingerprint density at radius 1 is 1.10 bits per heavy atom. The van der Waals surface area contributed by atoms with Gasteiger partial charge in [0.25, 0.3) is 5.91 Å². The second-order valence-corrected chi connectivity index (χ2v) is 5.41. The summed E-state index contributed by atoms with van der Waals surface area (Å²) >= 11 is 0. The number of carbonyl (C=O) groups excluding carboxylic acids is 2. The normalized spacial score (nSPS) is 16.2. The van der Waals surface area contributed by atoms with Gasteiger partial charge in [0.05, 0.1) is 0 Å². The van der Waals surface area contributed by atoms with Crippen LogP contribution >= 0.6 is 0 Å². The number of hydrogen-bond acceptors (Lipinski definition) is 2. The van der Waals surface area contributed by atoms with Crippen LogP contribution in [0.25, 0.3) is 0 Å². The van der Waals surface area contributed by atoms with Crippen LogP contribution < -0.4 is 0 Å². The molecule has 2 rings (SSSR count). The quantitative estimate of drug-likeness (QED) is 0.843. The number of hydrogen-bond donors (Lipinski definition) is 0. The van der Waals surface area contributed by atoms with Gasteiger partial charge in [-0.3, -0.25) is 9.59 Å². The highest BCUT2D eigenvalue weighted by Gasteiger charge is 2.20. The summed E-state index contributed by atoms with van der Waals surface area (Å²) in [5.41, 5.74) is 2.01. The van der Waals surface area contributed by atoms with E-state index in [1.165, 1.54) is 5.56 Å². The van der Waals surface area contributed by atoms with Gasteiger partial charge in [-0.25, -0.2) is 0 Å². The van der Waals surface area contributed by atoms with Crippen LogP contribution in [0.15, 0.2) is 24.3 Å². The van der Waals surface area contributed by atoms with Crippen LogP contribution in [-0.2, 0) is 4.79 Å². The van der Waals surface area contributed by atoms with Crippen LogP contribution in [-0.4, -0.2) is 29.7 Å². The SMILES string of the molecule is CCN(CC)C(=O)c1ccc(C2CCC(=O)CC2)cc1. The molecule has 0 radical (unpaired) electrons. The van der Waals surface area contributed by atoms with E-state index in [1.54, 1.807) is 0 Å². The topological polar surface area (TPSA) is 37.4 Å². The van der Waals surface area contributed by atoms with E-state index in [-0.39, 0.29) is 5.91 Å². The van der Waals surface area contributed by atoms with Crippen molar-refractivity contribution in [1.29, 1.82) is 0 Å². The third kappa shape index (κ3) is 3.27. The highest BCUT2D eigenvalue weighted by atomic mass is 16.2. The summed E-state index contributed by atoms with van der Waals surface area (Å²) in [6, 6.07) is 7.95. The zero-order valence-corrected chi connectivity index (χ0v) is 12.4. The van der Waals surface area contributed by atoms with E-state index < -0.39 is 0 Å². The fourth-order valence-electron chi connectivity index (χ4n) is 2.86. The Morgan fingerprint density at radius 3 is 2.15 bits per heavy atom. The molecule has 3 nitrogen and oxygen atoms in total. The van der Waals surface area contributed by atoms with Crippen molar-refractivity contribution >= 4 is 11.7 Å². The highest BCUT2D eigenvalue weighted by molar-refractivity contribution is 5.94. The number of rotatable bonds is 4. The van der Waals surface area contributed by atoms with Crippen molar-refractivity contribution < 1.29 is 9.59 Å². The summed E-state index contributed by atoms with van der Waals surface area (Å²) in [6.07, 6.45) is 3.29. The van der Waals surface area contributed by atoms with E-state index in [0.717, 1.165) is 31.5 Å². The second-order valence-electron chi connectivity index (χ2n) is 5.41. The molecule has 1 aromatic carbocycles. The number of Topliss-reactive ketones (excluding diaryl/α,β-unsaturated/α-hetero) is 1. The Labute approximate surface area is 121 Å². The molecule has 20 heavy (non-hydrogen) atoms. The zero-order valence-electron chi connectivity index (χ0n) is 12.4. The molecular weight excluding hydrogens is 250 g/mol. The first-order valence-electron chi connectivity index (χ1n) is 7.56. The minimum atomic E-state index is 0.0976. The molecule has 1 aliphatic carbocycles. The van der Waals surface area contributed by atoms with Crippen LogP contribution in [0.5, 0.6) is 0 Å². The van der Waals surface area contributed by atoms with Crippen LogP contribution in [0.3, 0.4) is 0 Å². The van der Waals surface area contributed by atoms with Gasteiger partial charge < -0.3 is 4.90 Å². The Morgan fingerprint density at radius 2 is 1.65 bits per heavy atom. The Balaban J connectivity index is 2.06. The molecule has 0 aliphatic heterocycles. The number of ketones is 1. The van der Waals surface area contributed by atoms with Crippen molar-refractivity contribution in [1.82, 2.24) is 4.90 Å². The van der Waals surface area contributed by atoms with Gasteiger partial charge >= 0.3 is 0 Å². The lowest BCUT2D eigenvalue weighted by Crippen LogP contribution is -2.30. The van der Waals surface area contributed by atoms with E-state index in [9.17, 15) is 9.59 Å². The third-order valence-electron chi connectivity index (χ3n) is 4.22. The molecule has 108 valence electrons. The predicted octanol–water partition coefficient (Wildman–Crippen LogP) is 3.40. The van der Waals surface area contributed by atoms with Gasteiger partial charge in [0, 0.05) is 31.5 Å². The summed E-state index contributed by atoms with van der Waals surface area (Å²) in [7, 11) is 0. The van der Waals surface area contributed by atoms with Gasteiger partial charge in [0.15, 0.2) is 0 Å². The van der Waals surface area contributed by atoms with E-state index >= 15 is 0 Å². The van der Waals surface area contributed by atoms with Gasteiger partial charge in [0.1, 0.15) is 5.78 Å². The first-order valence-corrected chi connectivity index (χ1v) is 7.56. The lowest BCUT2D eigenvalue weighted by molar-refractivity contribution is -0.120. The molecule has 1 saturated carbocycles. The van der Waals surface area contributed by atoms with E-state index in [4.69, 9.17) is 0 Å². The summed E-state index contributed by atoms with van der Waals surface area (Å²) < 4.78 is 0. The van der Waals surface area contributed by atoms with Gasteiger partial charge in [-0.2, -0.15) is 0 Å². The molecule has 3 heteroatoms. The molecule has 0 atom stereocenters. The summed E-state index contributed by atoms with van der Waals surface area (Å²) in [5, 5.41) is 0. The first kappa shape index (κ1) is 14.8. The summed E-state index contributed by atoms with van der Waals surface area (Å²) in [5.74, 6) is 0.959. The summed E-state index contributed by atoms with van der Waals surface area (Å²) in [6.45, 7) is 5.47. The molecule has 0 unspecified atom stereocenters. The maximum absolute atomic E-state index is 12.2. The van der Waals surface area contributed by atoms with Gasteiger partial charge in [-0.1, -0.05) is 12.1 Å². The minimum absolute atomic E-state index is 0.0976. The zero-order chi connectivity index (χ0) is 14.5. The predicted molar refractivity (Wildman–Crippen MR) is 79.9 cm³/mol. The van der Waals surface area contributed by atoms with Crippen molar-refractivity contribution in [2.45, 2.75) is 45.4 Å². The average Bonchev–Trinajstić information content (AvgIpc) is 2.49.